The Morgan fingerprint density at radius 1 is 0.696 bits per heavy atom. The van der Waals surface area contributed by atoms with Crippen molar-refractivity contribution in [1.29, 1.82) is 0 Å². The summed E-state index contributed by atoms with van der Waals surface area (Å²) in [6.07, 6.45) is 0. The lowest BCUT2D eigenvalue weighted by atomic mass is 9.97. The topological polar surface area (TPSA) is 57.5 Å². The molecule has 3 nitrogen and oxygen atoms in total. The van der Waals surface area contributed by atoms with Crippen LogP contribution in [0.4, 0.5) is 0 Å². The van der Waals surface area contributed by atoms with Crippen LogP contribution in [-0.4, -0.2) is 9.79 Å². The van der Waals surface area contributed by atoms with Gasteiger partial charge in [-0.05, 0) is 33.0 Å². The smallest absolute Gasteiger partial charge is 0.321 e. The second-order valence-electron chi connectivity index (χ2n) is 5.49. The van der Waals surface area contributed by atoms with Crippen molar-refractivity contribution in [2.24, 2.45) is 0 Å². The van der Waals surface area contributed by atoms with Gasteiger partial charge in [-0.2, -0.15) is 0 Å². The van der Waals surface area contributed by atoms with Gasteiger partial charge in [-0.3, -0.25) is 4.57 Å². The van der Waals surface area contributed by atoms with Gasteiger partial charge in [-0.25, -0.2) is 0 Å². The van der Waals surface area contributed by atoms with Gasteiger partial charge in [0.05, 0.1) is 10.3 Å². The first-order valence-corrected chi connectivity index (χ1v) is 9.04. The van der Waals surface area contributed by atoms with Crippen molar-refractivity contribution in [2.75, 3.05) is 0 Å². The second-order valence-corrected chi connectivity index (χ2v) is 7.43. The normalized spacial score (nSPS) is 12.3. The third-order valence-corrected chi connectivity index (χ3v) is 5.69. The quantitative estimate of drug-likeness (QED) is 0.392. The lowest BCUT2D eigenvalue weighted by molar-refractivity contribution is 0.387. The van der Waals surface area contributed by atoms with E-state index in [2.05, 4.69) is 12.1 Å². The fourth-order valence-electron chi connectivity index (χ4n) is 3.08. The van der Waals surface area contributed by atoms with Crippen LogP contribution in [0.5, 0.6) is 0 Å². The molecule has 4 rings (SSSR count). The molecule has 4 aromatic carbocycles. The molecule has 2 N–H and O–H groups in total. The predicted octanol–water partition coefficient (Wildman–Crippen LogP) is 4.60. The maximum atomic E-state index is 11.5. The van der Waals surface area contributed by atoms with Crippen molar-refractivity contribution < 1.29 is 14.4 Å². The van der Waals surface area contributed by atoms with Crippen LogP contribution in [0.25, 0.3) is 32.3 Å². The number of fused-ring (bicyclic) bond motifs is 5. The van der Waals surface area contributed by atoms with Gasteiger partial charge >= 0.3 is 7.60 Å². The number of hydrogen-bond acceptors (Lipinski definition) is 1. The second kappa shape index (κ2) is 5.05. The highest BCUT2D eigenvalue weighted by Gasteiger charge is 2.22. The maximum absolute atomic E-state index is 11.5. The molecule has 0 spiro atoms. The Balaban J connectivity index is 2.16. The van der Waals surface area contributed by atoms with E-state index < -0.39 is 7.60 Å². The summed E-state index contributed by atoms with van der Waals surface area (Å²) in [5.74, 6) is 0. The summed E-state index contributed by atoms with van der Waals surface area (Å²) in [6, 6.07) is 19.1. The molecular weight excluding hydrogens is 331 g/mol. The van der Waals surface area contributed by atoms with Crippen LogP contribution in [0, 0.1) is 0 Å². The summed E-state index contributed by atoms with van der Waals surface area (Å²) in [5, 5.41) is 5.92. The van der Waals surface area contributed by atoms with Gasteiger partial charge < -0.3 is 9.79 Å². The summed E-state index contributed by atoms with van der Waals surface area (Å²) in [4.78, 5) is 18.8. The van der Waals surface area contributed by atoms with Crippen LogP contribution in [0.2, 0.25) is 5.02 Å². The largest absolute Gasteiger partial charge is 0.357 e. The van der Waals surface area contributed by atoms with E-state index in [1.54, 1.807) is 6.07 Å². The standard InChI is InChI=1S/C18H12ClO3P/c19-18-16-8-7-13-12-4-2-1-3-11(12)5-6-14(13)15(16)9-10-17(18)23(20,21)22/h1-10H,(H2,20,21,22). The van der Waals surface area contributed by atoms with Gasteiger partial charge in [0, 0.05) is 5.39 Å². The molecule has 0 atom stereocenters. The summed E-state index contributed by atoms with van der Waals surface area (Å²) in [6.45, 7) is 0. The first-order valence-electron chi connectivity index (χ1n) is 7.05. The molecule has 0 saturated heterocycles. The number of benzene rings is 4. The minimum atomic E-state index is -4.39. The number of halogens is 1. The zero-order chi connectivity index (χ0) is 16.2. The Labute approximate surface area is 137 Å². The van der Waals surface area contributed by atoms with Crippen LogP contribution in [-0.2, 0) is 4.57 Å². The molecule has 4 aromatic rings. The van der Waals surface area contributed by atoms with E-state index in [0.29, 0.717) is 5.39 Å². The van der Waals surface area contributed by atoms with E-state index in [4.69, 9.17) is 11.6 Å². The van der Waals surface area contributed by atoms with Crippen LogP contribution in [0.15, 0.2) is 60.7 Å². The fourth-order valence-corrected chi connectivity index (χ4v) is 4.28. The Hall–Kier alpha value is -1.90. The maximum Gasteiger partial charge on any atom is 0.357 e. The molecule has 5 heteroatoms. The SMILES string of the molecule is O=P(O)(O)c1ccc2c(ccc3c4ccccc4ccc23)c1Cl. The molecule has 0 radical (unpaired) electrons. The molecule has 0 saturated carbocycles. The molecular formula is C18H12ClO3P. The molecule has 0 aliphatic rings. The first-order chi connectivity index (χ1) is 11.0. The monoisotopic (exact) mass is 342 g/mol. The Morgan fingerprint density at radius 3 is 2.04 bits per heavy atom. The Bertz CT molecular complexity index is 1130. The molecule has 0 fully saturated rings. The summed E-state index contributed by atoms with van der Waals surface area (Å²) >= 11 is 6.25. The average molecular weight is 343 g/mol. The van der Waals surface area contributed by atoms with Crippen molar-refractivity contribution in [1.82, 2.24) is 0 Å². The molecule has 0 bridgehead atoms. The molecule has 0 unspecified atom stereocenters. The summed E-state index contributed by atoms with van der Waals surface area (Å²) in [5.41, 5.74) is 0. The molecule has 23 heavy (non-hydrogen) atoms. The highest BCUT2D eigenvalue weighted by Crippen LogP contribution is 2.40. The first kappa shape index (κ1) is 14.7. The van der Waals surface area contributed by atoms with Crippen LogP contribution in [0.3, 0.4) is 0 Å². The molecule has 0 aromatic heterocycles. The van der Waals surface area contributed by atoms with E-state index in [1.165, 1.54) is 6.07 Å². The van der Waals surface area contributed by atoms with Gasteiger partial charge in [0.2, 0.25) is 0 Å². The number of rotatable bonds is 1. The highest BCUT2D eigenvalue weighted by atomic mass is 35.5. The van der Waals surface area contributed by atoms with Crippen molar-refractivity contribution >= 4 is 56.8 Å². The van der Waals surface area contributed by atoms with E-state index in [0.717, 1.165) is 26.9 Å². The Kier molecular flexibility index (Phi) is 3.22. The predicted molar refractivity (Wildman–Crippen MR) is 95.6 cm³/mol. The van der Waals surface area contributed by atoms with Crippen molar-refractivity contribution in [2.45, 2.75) is 0 Å². The van der Waals surface area contributed by atoms with Crippen molar-refractivity contribution in [3.05, 3.63) is 65.7 Å². The minimum absolute atomic E-state index is 0.117. The lowest BCUT2D eigenvalue weighted by Gasteiger charge is -2.12. The van der Waals surface area contributed by atoms with Gasteiger partial charge in [-0.15, -0.1) is 0 Å². The highest BCUT2D eigenvalue weighted by molar-refractivity contribution is 7.60. The number of hydrogen-bond donors (Lipinski definition) is 2. The van der Waals surface area contributed by atoms with Crippen molar-refractivity contribution in [3.8, 4) is 0 Å². The van der Waals surface area contributed by atoms with Crippen LogP contribution < -0.4 is 5.30 Å². The van der Waals surface area contributed by atoms with E-state index >= 15 is 0 Å². The van der Waals surface area contributed by atoms with E-state index in [1.807, 2.05) is 36.4 Å². The average Bonchev–Trinajstić information content (AvgIpc) is 2.53. The van der Waals surface area contributed by atoms with E-state index in [-0.39, 0.29) is 10.3 Å². The van der Waals surface area contributed by atoms with Crippen LogP contribution in [0.1, 0.15) is 0 Å². The molecule has 0 amide bonds. The summed E-state index contributed by atoms with van der Waals surface area (Å²) < 4.78 is 11.5. The van der Waals surface area contributed by atoms with E-state index in [9.17, 15) is 14.4 Å². The van der Waals surface area contributed by atoms with Crippen LogP contribution >= 0.6 is 19.2 Å². The van der Waals surface area contributed by atoms with Gasteiger partial charge in [0.15, 0.2) is 0 Å². The van der Waals surface area contributed by atoms with Gasteiger partial charge in [0.25, 0.3) is 0 Å². The van der Waals surface area contributed by atoms with Crippen molar-refractivity contribution in [3.63, 3.8) is 0 Å². The minimum Gasteiger partial charge on any atom is -0.321 e. The van der Waals surface area contributed by atoms with Gasteiger partial charge in [-0.1, -0.05) is 66.2 Å². The third kappa shape index (κ3) is 2.25. The molecule has 114 valence electrons. The molecule has 0 aliphatic carbocycles. The Morgan fingerprint density at radius 2 is 1.26 bits per heavy atom. The third-order valence-electron chi connectivity index (χ3n) is 4.15. The zero-order valence-electron chi connectivity index (χ0n) is 11.9. The molecule has 0 aliphatic heterocycles. The fraction of sp³-hybridized carbons (Fsp3) is 0. The summed E-state index contributed by atoms with van der Waals surface area (Å²) in [7, 11) is -4.39. The lowest BCUT2D eigenvalue weighted by Crippen LogP contribution is -2.05. The zero-order valence-corrected chi connectivity index (χ0v) is 13.6. The molecule has 0 heterocycles. The van der Waals surface area contributed by atoms with Gasteiger partial charge in [0.1, 0.15) is 0 Å².